The molecule has 1 unspecified atom stereocenters. The molecule has 1 heterocycles. The number of sulfone groups is 2. The topological polar surface area (TPSA) is 98.2 Å². The monoisotopic (exact) mass is 599 g/mol. The zero-order chi connectivity index (χ0) is 27.2. The second kappa shape index (κ2) is 9.78. The number of pyridine rings is 1. The lowest BCUT2D eigenvalue weighted by molar-refractivity contribution is 0.0991. The summed E-state index contributed by atoms with van der Waals surface area (Å²) in [6.07, 6.45) is 4.03. The smallest absolute Gasteiger partial charge is 0.180 e. The quantitative estimate of drug-likeness (QED) is 0.194. The molecule has 6 nitrogen and oxygen atoms in total. The summed E-state index contributed by atoms with van der Waals surface area (Å²) in [4.78, 5) is 17.2. The first kappa shape index (κ1) is 27.2. The maximum absolute atomic E-state index is 13.2. The minimum atomic E-state index is -3.41. The van der Waals surface area contributed by atoms with E-state index in [0.717, 1.165) is 28.3 Å². The third kappa shape index (κ3) is 5.39. The summed E-state index contributed by atoms with van der Waals surface area (Å²) in [7, 11) is -6.77. The van der Waals surface area contributed by atoms with Gasteiger partial charge in [-0.3, -0.25) is 9.78 Å². The van der Waals surface area contributed by atoms with E-state index in [1.54, 1.807) is 20.0 Å². The van der Waals surface area contributed by atoms with Crippen molar-refractivity contribution in [3.05, 3.63) is 95.7 Å². The highest BCUT2D eigenvalue weighted by molar-refractivity contribution is 9.09. The number of nitrogens with zero attached hydrogens (tertiary/aromatic N) is 1. The minimum absolute atomic E-state index is 0.147. The van der Waals surface area contributed by atoms with E-state index in [1.165, 1.54) is 30.5 Å². The number of rotatable bonds is 7. The molecule has 0 N–H and O–H groups in total. The normalized spacial score (nSPS) is 13.4. The largest absolute Gasteiger partial charge is 0.293 e. The molecule has 0 aliphatic rings. The molecular formula is C28H26BrNO5S2. The highest BCUT2D eigenvalue weighted by Gasteiger charge is 2.33. The van der Waals surface area contributed by atoms with Gasteiger partial charge in [-0.05, 0) is 66.9 Å². The summed E-state index contributed by atoms with van der Waals surface area (Å²) in [5, 5.41) is 0.814. The van der Waals surface area contributed by atoms with Crippen molar-refractivity contribution in [2.24, 2.45) is 0 Å². The summed E-state index contributed by atoms with van der Waals surface area (Å²) in [6, 6.07) is 20.7. The standard InChI is InChI=1S/C28H26BrNO5S2/c1-28(2,37(4,34)35)22-16-21-9-6-14-30-26(21)24(17-22)19-7-5-8-20(15-19)25(29)27(31)18-10-12-23(13-11-18)36(3,32)33/h5-17,25H,1-4H3. The maximum atomic E-state index is 13.2. The van der Waals surface area contributed by atoms with E-state index in [-0.39, 0.29) is 10.7 Å². The molecule has 4 aromatic rings. The van der Waals surface area contributed by atoms with Gasteiger partial charge in [-0.1, -0.05) is 52.3 Å². The van der Waals surface area contributed by atoms with Crippen LogP contribution in [0.25, 0.3) is 22.0 Å². The average molecular weight is 601 g/mol. The Morgan fingerprint density at radius 2 is 1.57 bits per heavy atom. The molecule has 0 aliphatic carbocycles. The van der Waals surface area contributed by atoms with Crippen molar-refractivity contribution in [2.75, 3.05) is 12.5 Å². The first-order valence-electron chi connectivity index (χ1n) is 11.4. The van der Waals surface area contributed by atoms with Crippen molar-refractivity contribution in [2.45, 2.75) is 28.3 Å². The van der Waals surface area contributed by atoms with Crippen molar-refractivity contribution < 1.29 is 21.6 Å². The second-order valence-electron chi connectivity index (χ2n) is 9.53. The van der Waals surface area contributed by atoms with Gasteiger partial charge in [-0.15, -0.1) is 0 Å². The van der Waals surface area contributed by atoms with Crippen molar-refractivity contribution in [1.29, 1.82) is 0 Å². The fourth-order valence-corrected chi connectivity index (χ4v) is 5.73. The van der Waals surface area contributed by atoms with Crippen LogP contribution in [0.4, 0.5) is 0 Å². The van der Waals surface area contributed by atoms with Crippen LogP contribution >= 0.6 is 15.9 Å². The van der Waals surface area contributed by atoms with E-state index in [1.807, 2.05) is 48.5 Å². The van der Waals surface area contributed by atoms with Gasteiger partial charge in [0.05, 0.1) is 15.2 Å². The first-order valence-corrected chi connectivity index (χ1v) is 16.1. The predicted octanol–water partition coefficient (Wildman–Crippen LogP) is 5.90. The number of fused-ring (bicyclic) bond motifs is 1. The number of benzene rings is 3. The Kier molecular flexibility index (Phi) is 7.18. The number of carbonyl (C=O) groups excluding carboxylic acids is 1. The van der Waals surface area contributed by atoms with Gasteiger partial charge in [0.2, 0.25) is 0 Å². The van der Waals surface area contributed by atoms with E-state index in [2.05, 4.69) is 20.9 Å². The van der Waals surface area contributed by atoms with E-state index in [4.69, 9.17) is 0 Å². The molecule has 37 heavy (non-hydrogen) atoms. The fraction of sp³-hybridized carbons (Fsp3) is 0.214. The van der Waals surface area contributed by atoms with Crippen LogP contribution in [0.15, 0.2) is 83.9 Å². The van der Waals surface area contributed by atoms with Crippen LogP contribution in [0.1, 0.15) is 40.2 Å². The number of Topliss-reactive ketones (excluding diaryl/α,β-unsaturated/α-hetero) is 1. The fourth-order valence-electron chi connectivity index (χ4n) is 4.00. The van der Waals surface area contributed by atoms with Gasteiger partial charge < -0.3 is 0 Å². The average Bonchev–Trinajstić information content (AvgIpc) is 2.86. The van der Waals surface area contributed by atoms with Gasteiger partial charge in [0, 0.05) is 35.2 Å². The van der Waals surface area contributed by atoms with Crippen LogP contribution in [0.5, 0.6) is 0 Å². The molecule has 3 aromatic carbocycles. The molecular weight excluding hydrogens is 574 g/mol. The zero-order valence-electron chi connectivity index (χ0n) is 20.8. The molecule has 0 radical (unpaired) electrons. The highest BCUT2D eigenvalue weighted by Crippen LogP contribution is 2.38. The van der Waals surface area contributed by atoms with Gasteiger partial charge in [0.15, 0.2) is 25.5 Å². The van der Waals surface area contributed by atoms with Gasteiger partial charge in [0.1, 0.15) is 4.83 Å². The lowest BCUT2D eigenvalue weighted by Crippen LogP contribution is -2.28. The van der Waals surface area contributed by atoms with Crippen LogP contribution < -0.4 is 0 Å². The number of carbonyl (C=O) groups is 1. The molecule has 0 fully saturated rings. The second-order valence-corrected chi connectivity index (χ2v) is 15.0. The van der Waals surface area contributed by atoms with E-state index < -0.39 is 29.2 Å². The maximum Gasteiger partial charge on any atom is 0.180 e. The highest BCUT2D eigenvalue weighted by atomic mass is 79.9. The van der Waals surface area contributed by atoms with Crippen LogP contribution in [0, 0.1) is 0 Å². The van der Waals surface area contributed by atoms with Crippen LogP contribution in [-0.4, -0.2) is 40.1 Å². The first-order chi connectivity index (χ1) is 17.2. The predicted molar refractivity (Wildman–Crippen MR) is 151 cm³/mol. The molecule has 0 saturated carbocycles. The zero-order valence-corrected chi connectivity index (χ0v) is 24.0. The summed E-state index contributed by atoms with van der Waals surface area (Å²) in [6.45, 7) is 3.37. The Balaban J connectivity index is 1.78. The lowest BCUT2D eigenvalue weighted by atomic mass is 9.92. The number of ketones is 1. The molecule has 0 aliphatic heterocycles. The van der Waals surface area contributed by atoms with Gasteiger partial charge in [-0.2, -0.15) is 0 Å². The summed E-state index contributed by atoms with van der Waals surface area (Å²) in [5.41, 5.74) is 4.00. The number of alkyl halides is 1. The molecule has 0 saturated heterocycles. The molecule has 0 amide bonds. The Hall–Kier alpha value is -2.88. The van der Waals surface area contributed by atoms with Crippen molar-refractivity contribution in [3.8, 4) is 11.1 Å². The van der Waals surface area contributed by atoms with Crippen molar-refractivity contribution in [3.63, 3.8) is 0 Å². The Labute approximate surface area is 225 Å². The minimum Gasteiger partial charge on any atom is -0.293 e. The molecule has 4 rings (SSSR count). The Bertz CT molecular complexity index is 1730. The molecule has 192 valence electrons. The SMILES string of the molecule is CC(C)(c1cc(-c2cccc(C(Br)C(=O)c3ccc(S(C)(=O)=O)cc3)c2)c2ncccc2c1)S(C)(=O)=O. The van der Waals surface area contributed by atoms with Crippen molar-refractivity contribution >= 4 is 52.3 Å². The van der Waals surface area contributed by atoms with Crippen molar-refractivity contribution in [1.82, 2.24) is 4.98 Å². The number of halogens is 1. The summed E-state index contributed by atoms with van der Waals surface area (Å²) >= 11 is 3.51. The molecule has 0 bridgehead atoms. The number of hydrogen-bond donors (Lipinski definition) is 0. The van der Waals surface area contributed by atoms with Crippen LogP contribution in [0.3, 0.4) is 0 Å². The molecule has 1 atom stereocenters. The third-order valence-electron chi connectivity index (χ3n) is 6.61. The molecule has 0 spiro atoms. The van der Waals surface area contributed by atoms with E-state index in [9.17, 15) is 21.6 Å². The number of aromatic nitrogens is 1. The van der Waals surface area contributed by atoms with Crippen LogP contribution in [0.2, 0.25) is 0 Å². The number of hydrogen-bond acceptors (Lipinski definition) is 6. The Morgan fingerprint density at radius 3 is 2.19 bits per heavy atom. The van der Waals surface area contributed by atoms with E-state index in [0.29, 0.717) is 16.7 Å². The van der Waals surface area contributed by atoms with Gasteiger partial charge in [-0.25, -0.2) is 16.8 Å². The Morgan fingerprint density at radius 1 is 0.892 bits per heavy atom. The van der Waals surface area contributed by atoms with Gasteiger partial charge in [0.25, 0.3) is 0 Å². The van der Waals surface area contributed by atoms with Crippen LogP contribution in [-0.2, 0) is 24.4 Å². The third-order valence-corrected chi connectivity index (χ3v) is 10.8. The molecule has 9 heteroatoms. The van der Waals surface area contributed by atoms with E-state index >= 15 is 0 Å². The van der Waals surface area contributed by atoms with Gasteiger partial charge >= 0.3 is 0 Å². The molecule has 1 aromatic heterocycles. The summed E-state index contributed by atoms with van der Waals surface area (Å²) < 4.78 is 47.5. The lowest BCUT2D eigenvalue weighted by Gasteiger charge is -2.24. The summed E-state index contributed by atoms with van der Waals surface area (Å²) in [5.74, 6) is -0.216.